The monoisotopic (exact) mass is 416 g/mol. The van der Waals surface area contributed by atoms with Crippen molar-refractivity contribution in [3.63, 3.8) is 0 Å². The zero-order valence-electron chi connectivity index (χ0n) is 15.3. The van der Waals surface area contributed by atoms with Gasteiger partial charge in [0.2, 0.25) is 10.0 Å². The molecule has 7 nitrogen and oxygen atoms in total. The predicted octanol–water partition coefficient (Wildman–Crippen LogP) is 3.51. The second-order valence-electron chi connectivity index (χ2n) is 6.80. The van der Waals surface area contributed by atoms with E-state index in [2.05, 4.69) is 15.3 Å². The molecule has 1 aliphatic rings. The number of carbonyl (C=O) groups excluding carboxylic acids is 1. The lowest BCUT2D eigenvalue weighted by molar-refractivity contribution is 0.102. The van der Waals surface area contributed by atoms with E-state index in [1.165, 1.54) is 46.2 Å². The van der Waals surface area contributed by atoms with Gasteiger partial charge in [-0.25, -0.2) is 18.4 Å². The molecule has 2 aromatic heterocycles. The molecule has 1 N–H and O–H groups in total. The normalized spacial score (nSPS) is 15.4. The van der Waals surface area contributed by atoms with Gasteiger partial charge in [-0.2, -0.15) is 4.31 Å². The number of carbonyl (C=O) groups is 1. The molecule has 1 aliphatic carbocycles. The van der Waals surface area contributed by atoms with Gasteiger partial charge in [-0.05, 0) is 48.6 Å². The molecule has 0 atom stereocenters. The standard InChI is InChI=1S/C19H20N4O3S2/c1-23(14-4-2-3-5-14)28(25,26)15-8-6-13(7-9-15)18(24)22-17-16-10-11-27-19(16)21-12-20-17/h6-12,14H,2-5H2,1H3,(H,20,21,22,24). The van der Waals surface area contributed by atoms with Crippen LogP contribution in [0.3, 0.4) is 0 Å². The third kappa shape index (κ3) is 3.52. The summed E-state index contributed by atoms with van der Waals surface area (Å²) >= 11 is 1.47. The van der Waals surface area contributed by atoms with E-state index < -0.39 is 10.0 Å². The SMILES string of the molecule is CN(C1CCCC1)S(=O)(=O)c1ccc(C(=O)Nc2ncnc3sccc23)cc1. The summed E-state index contributed by atoms with van der Waals surface area (Å²) in [6, 6.07) is 7.92. The molecular formula is C19H20N4O3S2. The number of amides is 1. The summed E-state index contributed by atoms with van der Waals surface area (Å²) in [5.41, 5.74) is 0.365. The zero-order valence-corrected chi connectivity index (χ0v) is 17.0. The van der Waals surface area contributed by atoms with Gasteiger partial charge in [0, 0.05) is 18.7 Å². The molecule has 0 saturated heterocycles. The Balaban J connectivity index is 1.52. The van der Waals surface area contributed by atoms with E-state index >= 15 is 0 Å². The second-order valence-corrected chi connectivity index (χ2v) is 9.69. The summed E-state index contributed by atoms with van der Waals surface area (Å²) in [5, 5.41) is 5.43. The number of hydrogen-bond donors (Lipinski definition) is 1. The highest BCUT2D eigenvalue weighted by molar-refractivity contribution is 7.89. The van der Waals surface area contributed by atoms with E-state index in [4.69, 9.17) is 0 Å². The summed E-state index contributed by atoms with van der Waals surface area (Å²) in [6.45, 7) is 0. The average Bonchev–Trinajstić information content (AvgIpc) is 3.39. The van der Waals surface area contributed by atoms with Gasteiger partial charge in [0.25, 0.3) is 5.91 Å². The summed E-state index contributed by atoms with van der Waals surface area (Å²) in [4.78, 5) is 21.8. The minimum Gasteiger partial charge on any atom is -0.306 e. The summed E-state index contributed by atoms with van der Waals surface area (Å²) in [6.07, 6.45) is 5.32. The number of nitrogens with zero attached hydrogens (tertiary/aromatic N) is 3. The smallest absolute Gasteiger partial charge is 0.256 e. The number of anilines is 1. The van der Waals surface area contributed by atoms with Crippen molar-refractivity contribution in [2.24, 2.45) is 0 Å². The number of sulfonamides is 1. The summed E-state index contributed by atoms with van der Waals surface area (Å²) < 4.78 is 27.1. The number of aromatic nitrogens is 2. The van der Waals surface area contributed by atoms with Gasteiger partial charge in [0.15, 0.2) is 0 Å². The molecule has 0 unspecified atom stereocenters. The molecule has 0 aliphatic heterocycles. The van der Waals surface area contributed by atoms with Crippen LogP contribution in [0.15, 0.2) is 46.9 Å². The highest BCUT2D eigenvalue weighted by Gasteiger charge is 2.30. The first-order valence-electron chi connectivity index (χ1n) is 9.04. The minimum atomic E-state index is -3.56. The average molecular weight is 417 g/mol. The number of rotatable bonds is 5. The van der Waals surface area contributed by atoms with Crippen molar-refractivity contribution >= 4 is 43.3 Å². The molecule has 1 aromatic carbocycles. The van der Waals surface area contributed by atoms with E-state index in [0.717, 1.165) is 35.9 Å². The largest absolute Gasteiger partial charge is 0.306 e. The van der Waals surface area contributed by atoms with Crippen LogP contribution in [0.4, 0.5) is 5.82 Å². The summed E-state index contributed by atoms with van der Waals surface area (Å²) in [7, 11) is -1.93. The fourth-order valence-electron chi connectivity index (χ4n) is 3.48. The lowest BCUT2D eigenvalue weighted by Crippen LogP contribution is -2.35. The first-order chi connectivity index (χ1) is 13.5. The van der Waals surface area contributed by atoms with Crippen LogP contribution >= 0.6 is 11.3 Å². The molecule has 146 valence electrons. The number of thiophene rings is 1. The van der Waals surface area contributed by atoms with E-state index in [1.807, 2.05) is 11.4 Å². The predicted molar refractivity (Wildman–Crippen MR) is 109 cm³/mol. The molecule has 0 radical (unpaired) electrons. The number of fused-ring (bicyclic) bond motifs is 1. The third-order valence-corrected chi connectivity index (χ3v) is 7.87. The Hall–Kier alpha value is -2.36. The van der Waals surface area contributed by atoms with Crippen molar-refractivity contribution in [1.29, 1.82) is 0 Å². The van der Waals surface area contributed by atoms with Crippen molar-refractivity contribution in [3.8, 4) is 0 Å². The molecule has 4 rings (SSSR count). The van der Waals surface area contributed by atoms with Crippen molar-refractivity contribution in [2.75, 3.05) is 12.4 Å². The Morgan fingerprint density at radius 3 is 2.57 bits per heavy atom. The second kappa shape index (κ2) is 7.57. The Morgan fingerprint density at radius 2 is 1.86 bits per heavy atom. The Morgan fingerprint density at radius 1 is 1.14 bits per heavy atom. The summed E-state index contributed by atoms with van der Waals surface area (Å²) in [5.74, 6) is 0.0909. The molecule has 28 heavy (non-hydrogen) atoms. The Labute approximate surface area is 167 Å². The van der Waals surface area contributed by atoms with Crippen molar-refractivity contribution < 1.29 is 13.2 Å². The van der Waals surface area contributed by atoms with Crippen LogP contribution in [0.25, 0.3) is 10.2 Å². The molecule has 0 bridgehead atoms. The van der Waals surface area contributed by atoms with Gasteiger partial charge in [0.05, 0.1) is 10.3 Å². The first-order valence-corrected chi connectivity index (χ1v) is 11.4. The molecule has 9 heteroatoms. The van der Waals surface area contributed by atoms with Crippen LogP contribution in [0.1, 0.15) is 36.0 Å². The maximum Gasteiger partial charge on any atom is 0.256 e. The highest BCUT2D eigenvalue weighted by atomic mass is 32.2. The topological polar surface area (TPSA) is 92.3 Å². The molecule has 2 heterocycles. The van der Waals surface area contributed by atoms with Gasteiger partial charge in [0.1, 0.15) is 17.0 Å². The molecule has 0 spiro atoms. The van der Waals surface area contributed by atoms with Crippen molar-refractivity contribution in [3.05, 3.63) is 47.6 Å². The van der Waals surface area contributed by atoms with Gasteiger partial charge in [-0.3, -0.25) is 4.79 Å². The Bertz CT molecular complexity index is 1100. The molecule has 1 amide bonds. The van der Waals surface area contributed by atoms with E-state index in [0.29, 0.717) is 11.4 Å². The first kappa shape index (κ1) is 19.0. The molecule has 3 aromatic rings. The van der Waals surface area contributed by atoms with Crippen LogP contribution in [-0.2, 0) is 10.0 Å². The fourth-order valence-corrected chi connectivity index (χ4v) is 5.63. The van der Waals surface area contributed by atoms with Crippen molar-refractivity contribution in [1.82, 2.24) is 14.3 Å². The molecular weight excluding hydrogens is 396 g/mol. The van der Waals surface area contributed by atoms with Gasteiger partial charge in [-0.15, -0.1) is 11.3 Å². The molecule has 1 fully saturated rings. The lowest BCUT2D eigenvalue weighted by Gasteiger charge is -2.23. The van der Waals surface area contributed by atoms with Gasteiger partial charge < -0.3 is 5.32 Å². The van der Waals surface area contributed by atoms with E-state index in [1.54, 1.807) is 7.05 Å². The maximum absolute atomic E-state index is 12.8. The van der Waals surface area contributed by atoms with Crippen LogP contribution < -0.4 is 5.32 Å². The molecule has 1 saturated carbocycles. The quantitative estimate of drug-likeness (QED) is 0.687. The maximum atomic E-state index is 12.8. The van der Waals surface area contributed by atoms with Gasteiger partial charge in [-0.1, -0.05) is 12.8 Å². The number of hydrogen-bond acceptors (Lipinski definition) is 6. The van der Waals surface area contributed by atoms with E-state index in [9.17, 15) is 13.2 Å². The highest BCUT2D eigenvalue weighted by Crippen LogP contribution is 2.28. The fraction of sp³-hybridized carbons (Fsp3) is 0.316. The zero-order chi connectivity index (χ0) is 19.7. The number of nitrogens with one attached hydrogen (secondary N) is 1. The Kier molecular flexibility index (Phi) is 5.13. The van der Waals surface area contributed by atoms with Crippen molar-refractivity contribution in [2.45, 2.75) is 36.6 Å². The van der Waals surface area contributed by atoms with Crippen LogP contribution in [0.5, 0.6) is 0 Å². The van der Waals surface area contributed by atoms with Crippen LogP contribution in [0, 0.1) is 0 Å². The van der Waals surface area contributed by atoms with Crippen LogP contribution in [-0.4, -0.2) is 41.7 Å². The van der Waals surface area contributed by atoms with E-state index in [-0.39, 0.29) is 16.8 Å². The lowest BCUT2D eigenvalue weighted by atomic mass is 10.2. The number of benzene rings is 1. The van der Waals surface area contributed by atoms with Crippen LogP contribution in [0.2, 0.25) is 0 Å². The minimum absolute atomic E-state index is 0.0544. The third-order valence-electron chi connectivity index (χ3n) is 5.13. The van der Waals surface area contributed by atoms with Gasteiger partial charge >= 0.3 is 0 Å².